The van der Waals surface area contributed by atoms with E-state index in [1.54, 1.807) is 6.07 Å². The molecule has 1 saturated carbocycles. The average Bonchev–Trinajstić information content (AvgIpc) is 2.52. The Morgan fingerprint density at radius 3 is 2.62 bits per heavy atom. The highest BCUT2D eigenvalue weighted by Gasteiger charge is 2.24. The number of nitrogens with zero attached hydrogens (tertiary/aromatic N) is 1. The molecule has 1 aliphatic rings. The first-order chi connectivity index (χ1) is 10.1. The molecule has 6 heteroatoms. The zero-order valence-electron chi connectivity index (χ0n) is 12.3. The van der Waals surface area contributed by atoms with Gasteiger partial charge < -0.3 is 16.4 Å². The van der Waals surface area contributed by atoms with Gasteiger partial charge in [0, 0.05) is 18.7 Å². The number of amides is 3. The molecule has 0 aromatic carbocycles. The molecule has 2 rings (SSSR count). The number of rotatable bonds is 4. The van der Waals surface area contributed by atoms with Gasteiger partial charge in [-0.3, -0.25) is 9.78 Å². The number of carbonyl (C=O) groups excluding carboxylic acids is 2. The Labute approximate surface area is 124 Å². The van der Waals surface area contributed by atoms with Crippen molar-refractivity contribution in [1.29, 1.82) is 0 Å². The number of primary amides is 1. The number of nitrogens with one attached hydrogen (secondary N) is 2. The molecule has 21 heavy (non-hydrogen) atoms. The molecule has 1 aromatic heterocycles. The average molecular weight is 290 g/mol. The maximum absolute atomic E-state index is 11.9. The van der Waals surface area contributed by atoms with Crippen LogP contribution < -0.4 is 16.4 Å². The molecule has 114 valence electrons. The third-order valence-electron chi connectivity index (χ3n) is 3.91. The number of pyridine rings is 1. The number of likely N-dealkylation sites (N-methyl/N-ethyl adjacent to an activating group) is 1. The van der Waals surface area contributed by atoms with Gasteiger partial charge in [0.2, 0.25) is 5.91 Å². The van der Waals surface area contributed by atoms with E-state index in [1.165, 1.54) is 26.3 Å². The number of carbonyl (C=O) groups is 2. The third-order valence-corrected chi connectivity index (χ3v) is 3.91. The van der Waals surface area contributed by atoms with Crippen LogP contribution in [0.2, 0.25) is 0 Å². The predicted octanol–water partition coefficient (Wildman–Crippen LogP) is 1.58. The Balaban J connectivity index is 2.23. The van der Waals surface area contributed by atoms with Crippen molar-refractivity contribution in [3.8, 4) is 0 Å². The fraction of sp³-hybridized carbons (Fsp3) is 0.533. The highest BCUT2D eigenvalue weighted by atomic mass is 16.2. The molecular weight excluding hydrogens is 268 g/mol. The van der Waals surface area contributed by atoms with Crippen LogP contribution in [-0.4, -0.2) is 24.0 Å². The predicted molar refractivity (Wildman–Crippen MR) is 79.6 cm³/mol. The van der Waals surface area contributed by atoms with Crippen molar-refractivity contribution in [2.75, 3.05) is 7.05 Å². The van der Waals surface area contributed by atoms with Gasteiger partial charge in [-0.05, 0) is 25.0 Å². The van der Waals surface area contributed by atoms with Crippen LogP contribution in [0.3, 0.4) is 0 Å². The normalized spacial score (nSPS) is 17.0. The van der Waals surface area contributed by atoms with Gasteiger partial charge >= 0.3 is 6.03 Å². The maximum atomic E-state index is 11.9. The lowest BCUT2D eigenvalue weighted by atomic mass is 9.86. The number of aromatic nitrogens is 1. The molecule has 1 fully saturated rings. The van der Waals surface area contributed by atoms with E-state index in [9.17, 15) is 9.59 Å². The van der Waals surface area contributed by atoms with E-state index in [0.29, 0.717) is 11.6 Å². The van der Waals surface area contributed by atoms with Gasteiger partial charge in [0.05, 0.1) is 5.69 Å². The van der Waals surface area contributed by atoms with Gasteiger partial charge in [-0.2, -0.15) is 0 Å². The highest BCUT2D eigenvalue weighted by molar-refractivity contribution is 5.87. The first-order valence-corrected chi connectivity index (χ1v) is 7.36. The van der Waals surface area contributed by atoms with E-state index >= 15 is 0 Å². The fourth-order valence-corrected chi connectivity index (χ4v) is 2.82. The minimum atomic E-state index is -0.851. The first kappa shape index (κ1) is 15.3. The molecule has 0 radical (unpaired) electrons. The number of hydrogen-bond donors (Lipinski definition) is 3. The summed E-state index contributed by atoms with van der Waals surface area (Å²) in [5.74, 6) is 0.111. The maximum Gasteiger partial charge on any atom is 0.313 e. The Kier molecular flexibility index (Phi) is 5.14. The molecule has 1 aliphatic carbocycles. The van der Waals surface area contributed by atoms with Gasteiger partial charge in [-0.25, -0.2) is 4.79 Å². The van der Waals surface area contributed by atoms with E-state index in [0.717, 1.165) is 18.5 Å². The molecule has 0 aliphatic heterocycles. The Morgan fingerprint density at radius 2 is 2.00 bits per heavy atom. The molecule has 1 unspecified atom stereocenters. The van der Waals surface area contributed by atoms with Gasteiger partial charge in [0.25, 0.3) is 0 Å². The molecule has 0 spiro atoms. The quantitative estimate of drug-likeness (QED) is 0.785. The SMILES string of the molecule is CNC(=O)C(NC(N)=O)c1cccc(C2CCCCC2)n1. The summed E-state index contributed by atoms with van der Waals surface area (Å²) in [6.07, 6.45) is 5.97. The van der Waals surface area contributed by atoms with E-state index in [4.69, 9.17) is 5.73 Å². The molecule has 1 heterocycles. The number of urea groups is 1. The summed E-state index contributed by atoms with van der Waals surface area (Å²) >= 11 is 0. The summed E-state index contributed by atoms with van der Waals surface area (Å²) in [6, 6.07) is 4.02. The van der Waals surface area contributed by atoms with Gasteiger partial charge in [-0.1, -0.05) is 25.3 Å². The molecule has 3 amide bonds. The summed E-state index contributed by atoms with van der Waals surface area (Å²) in [5, 5.41) is 4.96. The van der Waals surface area contributed by atoms with Crippen molar-refractivity contribution < 1.29 is 9.59 Å². The Hall–Kier alpha value is -2.11. The van der Waals surface area contributed by atoms with Crippen LogP contribution >= 0.6 is 0 Å². The molecule has 0 bridgehead atoms. The van der Waals surface area contributed by atoms with Crippen LogP contribution in [0.15, 0.2) is 18.2 Å². The second kappa shape index (κ2) is 7.06. The Bertz CT molecular complexity index is 512. The second-order valence-electron chi connectivity index (χ2n) is 5.38. The Morgan fingerprint density at radius 1 is 1.29 bits per heavy atom. The van der Waals surface area contributed by atoms with E-state index in [1.807, 2.05) is 12.1 Å². The van der Waals surface area contributed by atoms with Gasteiger partial charge in [0.1, 0.15) is 0 Å². The smallest absolute Gasteiger partial charge is 0.313 e. The summed E-state index contributed by atoms with van der Waals surface area (Å²) in [7, 11) is 1.52. The summed E-state index contributed by atoms with van der Waals surface area (Å²) in [5.41, 5.74) is 6.66. The van der Waals surface area contributed by atoms with E-state index in [-0.39, 0.29) is 5.91 Å². The summed E-state index contributed by atoms with van der Waals surface area (Å²) in [6.45, 7) is 0. The number of hydrogen-bond acceptors (Lipinski definition) is 3. The van der Waals surface area contributed by atoms with Crippen LogP contribution in [0.25, 0.3) is 0 Å². The molecule has 6 nitrogen and oxygen atoms in total. The summed E-state index contributed by atoms with van der Waals surface area (Å²) < 4.78 is 0. The van der Waals surface area contributed by atoms with Crippen molar-refractivity contribution in [2.45, 2.75) is 44.1 Å². The van der Waals surface area contributed by atoms with Crippen molar-refractivity contribution in [2.24, 2.45) is 5.73 Å². The van der Waals surface area contributed by atoms with Gasteiger partial charge in [-0.15, -0.1) is 0 Å². The monoisotopic (exact) mass is 290 g/mol. The van der Waals surface area contributed by atoms with Crippen LogP contribution in [0, 0.1) is 0 Å². The lowest BCUT2D eigenvalue weighted by molar-refractivity contribution is -0.122. The van der Waals surface area contributed by atoms with Crippen LogP contribution in [0.5, 0.6) is 0 Å². The van der Waals surface area contributed by atoms with E-state index in [2.05, 4.69) is 15.6 Å². The minimum Gasteiger partial charge on any atom is -0.357 e. The van der Waals surface area contributed by atoms with Crippen molar-refractivity contribution in [3.05, 3.63) is 29.6 Å². The van der Waals surface area contributed by atoms with Gasteiger partial charge in [0.15, 0.2) is 6.04 Å². The van der Waals surface area contributed by atoms with Crippen LogP contribution in [0.1, 0.15) is 55.5 Å². The molecular formula is C15H22N4O2. The third kappa shape index (κ3) is 3.93. The largest absolute Gasteiger partial charge is 0.357 e. The minimum absolute atomic E-state index is 0.331. The van der Waals surface area contributed by atoms with Crippen LogP contribution in [-0.2, 0) is 4.79 Å². The lowest BCUT2D eigenvalue weighted by Crippen LogP contribution is -2.42. The molecule has 0 saturated heterocycles. The lowest BCUT2D eigenvalue weighted by Gasteiger charge is -2.22. The molecule has 4 N–H and O–H groups in total. The van der Waals surface area contributed by atoms with E-state index < -0.39 is 12.1 Å². The standard InChI is InChI=1S/C15H22N4O2/c1-17-14(20)13(19-15(16)21)12-9-5-8-11(18-12)10-6-3-2-4-7-10/h5,8-10,13H,2-4,6-7H2,1H3,(H,17,20)(H3,16,19,21). The zero-order valence-corrected chi connectivity index (χ0v) is 12.3. The first-order valence-electron chi connectivity index (χ1n) is 7.36. The molecule has 1 aromatic rings. The fourth-order valence-electron chi connectivity index (χ4n) is 2.82. The molecule has 1 atom stereocenters. The zero-order chi connectivity index (χ0) is 15.2. The number of nitrogens with two attached hydrogens (primary N) is 1. The van der Waals surface area contributed by atoms with Crippen LogP contribution in [0.4, 0.5) is 4.79 Å². The highest BCUT2D eigenvalue weighted by Crippen LogP contribution is 2.31. The second-order valence-corrected chi connectivity index (χ2v) is 5.38. The van der Waals surface area contributed by atoms with Crippen molar-refractivity contribution in [1.82, 2.24) is 15.6 Å². The summed E-state index contributed by atoms with van der Waals surface area (Å²) in [4.78, 5) is 27.6. The topological polar surface area (TPSA) is 97.1 Å². The van der Waals surface area contributed by atoms with Crippen molar-refractivity contribution >= 4 is 11.9 Å². The van der Waals surface area contributed by atoms with Crippen molar-refractivity contribution in [3.63, 3.8) is 0 Å².